The Morgan fingerprint density at radius 1 is 1.13 bits per heavy atom. The fourth-order valence-electron chi connectivity index (χ4n) is 4.26. The first-order chi connectivity index (χ1) is 14.5. The van der Waals surface area contributed by atoms with Crippen molar-refractivity contribution in [3.63, 3.8) is 0 Å². The van der Waals surface area contributed by atoms with E-state index in [-0.39, 0.29) is 5.91 Å². The molecule has 0 unspecified atom stereocenters. The van der Waals surface area contributed by atoms with Crippen molar-refractivity contribution in [3.05, 3.63) is 70.8 Å². The van der Waals surface area contributed by atoms with E-state index in [0.29, 0.717) is 17.0 Å². The van der Waals surface area contributed by atoms with Gasteiger partial charge in [0.25, 0.3) is 5.91 Å². The summed E-state index contributed by atoms with van der Waals surface area (Å²) in [5, 5.41) is 0. The van der Waals surface area contributed by atoms with Crippen LogP contribution >= 0.6 is 0 Å². The number of amides is 1. The van der Waals surface area contributed by atoms with E-state index in [1.807, 2.05) is 7.05 Å². The molecule has 1 aliphatic rings. The Kier molecular flexibility index (Phi) is 7.63. The number of esters is 1. The lowest BCUT2D eigenvalue weighted by Crippen LogP contribution is -2.42. The molecule has 2 aromatic carbocycles. The number of carbonyl (C=O) groups excluding carboxylic acids is 2. The smallest absolute Gasteiger partial charge is 0.337 e. The first kappa shape index (κ1) is 22.0. The fourth-order valence-corrected chi connectivity index (χ4v) is 4.26. The Morgan fingerprint density at radius 2 is 1.90 bits per heavy atom. The number of hydrogen-bond acceptors (Lipinski definition) is 4. The Balaban J connectivity index is 1.54. The van der Waals surface area contributed by atoms with E-state index in [2.05, 4.69) is 36.1 Å². The average Bonchev–Trinajstić information content (AvgIpc) is 2.77. The van der Waals surface area contributed by atoms with E-state index in [1.54, 1.807) is 29.2 Å². The van der Waals surface area contributed by atoms with E-state index in [0.717, 1.165) is 45.4 Å². The number of carbonyl (C=O) groups is 2. The van der Waals surface area contributed by atoms with Crippen LogP contribution in [0.1, 0.15) is 44.7 Å². The van der Waals surface area contributed by atoms with Gasteiger partial charge in [0.15, 0.2) is 0 Å². The molecule has 0 aliphatic carbocycles. The van der Waals surface area contributed by atoms with Crippen molar-refractivity contribution in [2.45, 2.75) is 26.2 Å². The summed E-state index contributed by atoms with van der Waals surface area (Å²) in [6.45, 7) is 6.10. The molecule has 0 N–H and O–H groups in total. The van der Waals surface area contributed by atoms with Crippen LogP contribution in [0.5, 0.6) is 0 Å². The third-order valence-electron chi connectivity index (χ3n) is 5.97. The topological polar surface area (TPSA) is 49.9 Å². The van der Waals surface area contributed by atoms with Crippen LogP contribution in [0.15, 0.2) is 48.5 Å². The number of piperidine rings is 1. The number of rotatable bonds is 7. The molecule has 1 atom stereocenters. The number of hydrogen-bond donors (Lipinski definition) is 0. The van der Waals surface area contributed by atoms with Gasteiger partial charge in [0.05, 0.1) is 12.7 Å². The maximum absolute atomic E-state index is 12.9. The Hall–Kier alpha value is -2.66. The zero-order valence-corrected chi connectivity index (χ0v) is 18.3. The van der Waals surface area contributed by atoms with Gasteiger partial charge in [0.2, 0.25) is 0 Å². The van der Waals surface area contributed by atoms with Crippen molar-refractivity contribution >= 4 is 11.9 Å². The van der Waals surface area contributed by atoms with Crippen LogP contribution in [-0.2, 0) is 11.2 Å². The molecule has 1 aliphatic heterocycles. The van der Waals surface area contributed by atoms with Crippen molar-refractivity contribution in [2.75, 3.05) is 40.3 Å². The van der Waals surface area contributed by atoms with Crippen LogP contribution in [0.3, 0.4) is 0 Å². The van der Waals surface area contributed by atoms with Crippen molar-refractivity contribution < 1.29 is 14.3 Å². The van der Waals surface area contributed by atoms with Crippen LogP contribution in [0.2, 0.25) is 0 Å². The number of ether oxygens (including phenoxy) is 1. The maximum atomic E-state index is 12.9. The lowest BCUT2D eigenvalue weighted by molar-refractivity contribution is 0.0600. The summed E-state index contributed by atoms with van der Waals surface area (Å²) in [6.07, 6.45) is 3.37. The lowest BCUT2D eigenvalue weighted by atomic mass is 9.96. The van der Waals surface area contributed by atoms with Gasteiger partial charge in [0, 0.05) is 32.2 Å². The molecule has 0 saturated carbocycles. The Morgan fingerprint density at radius 3 is 2.67 bits per heavy atom. The number of likely N-dealkylation sites (tertiary alicyclic amines) is 1. The number of benzene rings is 2. The van der Waals surface area contributed by atoms with Gasteiger partial charge < -0.3 is 14.5 Å². The quantitative estimate of drug-likeness (QED) is 0.654. The molecule has 30 heavy (non-hydrogen) atoms. The highest BCUT2D eigenvalue weighted by atomic mass is 16.5. The molecule has 1 heterocycles. The molecule has 3 rings (SSSR count). The van der Waals surface area contributed by atoms with Crippen molar-refractivity contribution in [2.24, 2.45) is 5.92 Å². The van der Waals surface area contributed by atoms with E-state index in [4.69, 9.17) is 4.74 Å². The predicted octanol–water partition coefficient (Wildman–Crippen LogP) is 3.81. The molecule has 0 bridgehead atoms. The standard InChI is InChI=1S/C25H32N2O3/c1-19-8-4-5-10-21(19)13-15-27-14-7-9-20(18-27)17-26(2)24(28)22-11-6-12-23(16-22)25(29)30-3/h4-6,8,10-12,16,20H,7,9,13-15,17-18H2,1-3H3/t20-/m1/s1. The minimum atomic E-state index is -0.427. The van der Waals surface area contributed by atoms with Gasteiger partial charge in [-0.05, 0) is 68.0 Å². The number of aryl methyl sites for hydroxylation is 1. The first-order valence-electron chi connectivity index (χ1n) is 10.7. The third kappa shape index (κ3) is 5.70. The van der Waals surface area contributed by atoms with Gasteiger partial charge in [-0.2, -0.15) is 0 Å². The zero-order chi connectivity index (χ0) is 21.5. The van der Waals surface area contributed by atoms with Gasteiger partial charge in [-0.15, -0.1) is 0 Å². The predicted molar refractivity (Wildman–Crippen MR) is 119 cm³/mol. The SMILES string of the molecule is COC(=O)c1cccc(C(=O)N(C)C[C@H]2CCCN(CCc3ccccc3C)C2)c1. The molecule has 0 radical (unpaired) electrons. The van der Waals surface area contributed by atoms with Gasteiger partial charge in [-0.25, -0.2) is 4.79 Å². The van der Waals surface area contributed by atoms with Crippen molar-refractivity contribution in [1.82, 2.24) is 9.80 Å². The highest BCUT2D eigenvalue weighted by Gasteiger charge is 2.23. The van der Waals surface area contributed by atoms with Gasteiger partial charge in [-0.1, -0.05) is 30.3 Å². The van der Waals surface area contributed by atoms with Crippen LogP contribution < -0.4 is 0 Å². The molecule has 2 aromatic rings. The van der Waals surface area contributed by atoms with Gasteiger partial charge >= 0.3 is 5.97 Å². The summed E-state index contributed by atoms with van der Waals surface area (Å²) in [4.78, 5) is 28.9. The normalized spacial score (nSPS) is 16.8. The summed E-state index contributed by atoms with van der Waals surface area (Å²) in [5.41, 5.74) is 3.69. The largest absolute Gasteiger partial charge is 0.465 e. The van der Waals surface area contributed by atoms with E-state index in [1.165, 1.54) is 18.2 Å². The minimum Gasteiger partial charge on any atom is -0.465 e. The molecular weight excluding hydrogens is 376 g/mol. The van der Waals surface area contributed by atoms with Gasteiger partial charge in [-0.3, -0.25) is 4.79 Å². The van der Waals surface area contributed by atoms with E-state index >= 15 is 0 Å². The summed E-state index contributed by atoms with van der Waals surface area (Å²) in [5.74, 6) is -0.0185. The Labute approximate surface area is 179 Å². The maximum Gasteiger partial charge on any atom is 0.337 e. The van der Waals surface area contributed by atoms with Crippen LogP contribution in [0, 0.1) is 12.8 Å². The molecular formula is C25H32N2O3. The average molecular weight is 409 g/mol. The molecule has 5 heteroatoms. The third-order valence-corrected chi connectivity index (χ3v) is 5.97. The Bertz CT molecular complexity index is 880. The van der Waals surface area contributed by atoms with Crippen molar-refractivity contribution in [3.8, 4) is 0 Å². The second kappa shape index (κ2) is 10.4. The highest BCUT2D eigenvalue weighted by molar-refractivity contribution is 5.97. The molecule has 160 valence electrons. The fraction of sp³-hybridized carbons (Fsp3) is 0.440. The zero-order valence-electron chi connectivity index (χ0n) is 18.3. The molecule has 0 spiro atoms. The van der Waals surface area contributed by atoms with Gasteiger partial charge in [0.1, 0.15) is 0 Å². The lowest BCUT2D eigenvalue weighted by Gasteiger charge is -2.35. The summed E-state index contributed by atoms with van der Waals surface area (Å²) in [6, 6.07) is 15.3. The minimum absolute atomic E-state index is 0.0576. The monoisotopic (exact) mass is 408 g/mol. The van der Waals surface area contributed by atoms with Crippen LogP contribution in [0.4, 0.5) is 0 Å². The van der Waals surface area contributed by atoms with E-state index < -0.39 is 5.97 Å². The molecule has 5 nitrogen and oxygen atoms in total. The molecule has 1 fully saturated rings. The summed E-state index contributed by atoms with van der Waals surface area (Å²) in [7, 11) is 3.19. The summed E-state index contributed by atoms with van der Waals surface area (Å²) >= 11 is 0. The van der Waals surface area contributed by atoms with Crippen molar-refractivity contribution in [1.29, 1.82) is 0 Å². The first-order valence-corrected chi connectivity index (χ1v) is 10.7. The number of nitrogens with zero attached hydrogens (tertiary/aromatic N) is 2. The van der Waals surface area contributed by atoms with Crippen LogP contribution in [0.25, 0.3) is 0 Å². The van der Waals surface area contributed by atoms with E-state index in [9.17, 15) is 9.59 Å². The second-order valence-corrected chi connectivity index (χ2v) is 8.24. The molecule has 0 aromatic heterocycles. The molecule has 1 saturated heterocycles. The van der Waals surface area contributed by atoms with Crippen LogP contribution in [-0.4, -0.2) is 62.0 Å². The highest BCUT2D eigenvalue weighted by Crippen LogP contribution is 2.19. The number of methoxy groups -OCH3 is 1. The second-order valence-electron chi connectivity index (χ2n) is 8.24. The summed E-state index contributed by atoms with van der Waals surface area (Å²) < 4.78 is 4.76. The molecule has 1 amide bonds.